The minimum absolute atomic E-state index is 0.436. The molecule has 0 unspecified atom stereocenters. The quantitative estimate of drug-likeness (QED) is 0.350. The first-order valence-electron chi connectivity index (χ1n) is 11.2. The second-order valence-electron chi connectivity index (χ2n) is 8.54. The van der Waals surface area contributed by atoms with Crippen LogP contribution in [0.25, 0.3) is 27.4 Å². The number of hydrogen-bond donors (Lipinski definition) is 0. The van der Waals surface area contributed by atoms with Crippen LogP contribution in [0.4, 0.5) is 0 Å². The lowest BCUT2D eigenvalue weighted by Crippen LogP contribution is -2.33. The SMILES string of the molecule is C1=CC(c2cccc3ncccc23)(c2cccc3ncccc23)C2=c3ccccc3=[Si]C2=C1. The number of rotatable bonds is 2. The summed E-state index contributed by atoms with van der Waals surface area (Å²) < 4.78 is 0. The molecule has 1 aliphatic carbocycles. The number of allylic oxidation sites excluding steroid dienone is 4. The summed E-state index contributed by atoms with van der Waals surface area (Å²) >= 11 is 0. The summed E-state index contributed by atoms with van der Waals surface area (Å²) in [4.78, 5) is 10.8. The lowest BCUT2D eigenvalue weighted by molar-refractivity contribution is 0.849. The first kappa shape index (κ1) is 18.6. The van der Waals surface area contributed by atoms with Gasteiger partial charge < -0.3 is 0 Å². The second kappa shape index (κ2) is 7.02. The minimum Gasteiger partial charge on any atom is -0.256 e. The summed E-state index contributed by atoms with van der Waals surface area (Å²) in [7, 11) is 0.661. The molecule has 0 amide bonds. The van der Waals surface area contributed by atoms with E-state index in [4.69, 9.17) is 9.97 Å². The molecule has 1 aliphatic heterocycles. The van der Waals surface area contributed by atoms with Gasteiger partial charge in [-0.3, -0.25) is 9.97 Å². The summed E-state index contributed by atoms with van der Waals surface area (Å²) in [6, 6.07) is 30.5. The average Bonchev–Trinajstić information content (AvgIpc) is 3.27. The molecule has 3 aromatic carbocycles. The molecule has 2 aromatic heterocycles. The Balaban J connectivity index is 1.73. The van der Waals surface area contributed by atoms with Gasteiger partial charge in [-0.1, -0.05) is 78.9 Å². The molecular formula is C30H19N2Si. The number of hydrogen-bond acceptors (Lipinski definition) is 2. The van der Waals surface area contributed by atoms with Crippen LogP contribution in [0.1, 0.15) is 11.1 Å². The maximum atomic E-state index is 4.70. The van der Waals surface area contributed by atoms with Crippen LogP contribution in [0.3, 0.4) is 0 Å². The number of fused-ring (bicyclic) bond motifs is 4. The van der Waals surface area contributed by atoms with Crippen molar-refractivity contribution in [3.8, 4) is 0 Å². The van der Waals surface area contributed by atoms with Gasteiger partial charge in [-0.25, -0.2) is 0 Å². The normalized spacial score (nSPS) is 15.8. The first-order valence-corrected chi connectivity index (χ1v) is 12.2. The van der Waals surface area contributed by atoms with Gasteiger partial charge >= 0.3 is 0 Å². The Kier molecular flexibility index (Phi) is 3.96. The molecule has 0 spiro atoms. The van der Waals surface area contributed by atoms with Gasteiger partial charge in [-0.2, -0.15) is 0 Å². The monoisotopic (exact) mass is 435 g/mol. The van der Waals surface area contributed by atoms with Crippen LogP contribution in [0.5, 0.6) is 0 Å². The van der Waals surface area contributed by atoms with Crippen LogP contribution in [-0.4, -0.2) is 19.1 Å². The topological polar surface area (TPSA) is 25.8 Å². The largest absolute Gasteiger partial charge is 0.256 e. The Morgan fingerprint density at radius 1 is 0.636 bits per heavy atom. The molecule has 153 valence electrons. The van der Waals surface area contributed by atoms with Crippen LogP contribution in [0.2, 0.25) is 0 Å². The first-order chi connectivity index (χ1) is 16.4. The van der Waals surface area contributed by atoms with Crippen molar-refractivity contribution in [2.24, 2.45) is 0 Å². The van der Waals surface area contributed by atoms with Crippen molar-refractivity contribution in [3.63, 3.8) is 0 Å². The van der Waals surface area contributed by atoms with E-state index in [9.17, 15) is 0 Å². The van der Waals surface area contributed by atoms with Gasteiger partial charge in [0.2, 0.25) is 0 Å². The zero-order valence-electron chi connectivity index (χ0n) is 17.9. The van der Waals surface area contributed by atoms with Crippen molar-refractivity contribution in [2.45, 2.75) is 5.41 Å². The predicted molar refractivity (Wildman–Crippen MR) is 136 cm³/mol. The Morgan fingerprint density at radius 2 is 1.30 bits per heavy atom. The average molecular weight is 436 g/mol. The molecule has 1 radical (unpaired) electrons. The van der Waals surface area contributed by atoms with E-state index in [1.165, 1.54) is 42.7 Å². The number of nitrogens with zero attached hydrogens (tertiary/aromatic N) is 2. The van der Waals surface area contributed by atoms with E-state index in [-0.39, 0.29) is 0 Å². The van der Waals surface area contributed by atoms with Gasteiger partial charge in [-0.05, 0) is 56.2 Å². The molecule has 2 nitrogen and oxygen atoms in total. The molecule has 3 heterocycles. The highest BCUT2D eigenvalue weighted by Gasteiger charge is 2.42. The molecule has 0 fully saturated rings. The summed E-state index contributed by atoms with van der Waals surface area (Å²) in [5.41, 5.74) is 5.53. The predicted octanol–water partition coefficient (Wildman–Crippen LogP) is 5.34. The molecule has 33 heavy (non-hydrogen) atoms. The fourth-order valence-corrected chi connectivity index (χ4v) is 7.02. The maximum Gasteiger partial charge on any atom is 0.0705 e. The Bertz CT molecular complexity index is 1690. The highest BCUT2D eigenvalue weighted by molar-refractivity contribution is 6.45. The molecule has 0 atom stereocenters. The molecule has 5 aromatic rings. The van der Waals surface area contributed by atoms with Gasteiger partial charge in [0.05, 0.1) is 25.6 Å². The Labute approximate surface area is 193 Å². The van der Waals surface area contributed by atoms with E-state index in [2.05, 4.69) is 91.0 Å². The fraction of sp³-hybridized carbons (Fsp3) is 0.0333. The van der Waals surface area contributed by atoms with Crippen LogP contribution >= 0.6 is 0 Å². The summed E-state index contributed by atoms with van der Waals surface area (Å²) in [5.74, 6) is 0. The Hall–Kier alpha value is -3.95. The fourth-order valence-electron chi connectivity index (χ4n) is 5.57. The smallest absolute Gasteiger partial charge is 0.0705 e. The van der Waals surface area contributed by atoms with E-state index in [1.54, 1.807) is 0 Å². The number of pyridine rings is 2. The second-order valence-corrected chi connectivity index (χ2v) is 9.87. The lowest BCUT2D eigenvalue weighted by atomic mass is 9.65. The van der Waals surface area contributed by atoms with E-state index in [0.29, 0.717) is 9.13 Å². The number of aromatic nitrogens is 2. The molecule has 0 N–H and O–H groups in total. The molecule has 0 bridgehead atoms. The third-order valence-electron chi connectivity index (χ3n) is 6.88. The van der Waals surface area contributed by atoms with E-state index >= 15 is 0 Å². The van der Waals surface area contributed by atoms with Gasteiger partial charge in [0.1, 0.15) is 0 Å². The summed E-state index contributed by atoms with van der Waals surface area (Å²) in [5, 5.41) is 5.15. The van der Waals surface area contributed by atoms with Crippen LogP contribution < -0.4 is 5.22 Å². The zero-order valence-corrected chi connectivity index (χ0v) is 18.9. The highest BCUT2D eigenvalue weighted by Crippen LogP contribution is 2.50. The van der Waals surface area contributed by atoms with Gasteiger partial charge in [0.15, 0.2) is 0 Å². The highest BCUT2D eigenvalue weighted by atomic mass is 28.2. The van der Waals surface area contributed by atoms with Crippen molar-refractivity contribution in [1.29, 1.82) is 0 Å². The van der Waals surface area contributed by atoms with E-state index in [0.717, 1.165) is 11.0 Å². The van der Waals surface area contributed by atoms with Crippen LogP contribution in [-0.2, 0) is 5.41 Å². The lowest BCUT2D eigenvalue weighted by Gasteiger charge is -2.38. The Morgan fingerprint density at radius 3 is 2.00 bits per heavy atom. The summed E-state index contributed by atoms with van der Waals surface area (Å²) in [6.07, 6.45) is 10.7. The van der Waals surface area contributed by atoms with Gasteiger partial charge in [-0.15, -0.1) is 0 Å². The van der Waals surface area contributed by atoms with Crippen LogP contribution in [0, 0.1) is 4.81 Å². The third-order valence-corrected chi connectivity index (χ3v) is 8.27. The van der Waals surface area contributed by atoms with E-state index in [1.807, 2.05) is 24.5 Å². The van der Waals surface area contributed by atoms with Crippen molar-refractivity contribution < 1.29 is 0 Å². The molecule has 2 aliphatic rings. The van der Waals surface area contributed by atoms with Crippen molar-refractivity contribution in [1.82, 2.24) is 9.97 Å². The molecular weight excluding hydrogens is 416 g/mol. The van der Waals surface area contributed by atoms with E-state index < -0.39 is 5.41 Å². The van der Waals surface area contributed by atoms with Gasteiger partial charge in [0, 0.05) is 23.2 Å². The number of benzene rings is 3. The summed E-state index contributed by atoms with van der Waals surface area (Å²) in [6.45, 7) is 0. The molecule has 7 rings (SSSR count). The minimum atomic E-state index is -0.436. The van der Waals surface area contributed by atoms with Crippen molar-refractivity contribution >= 4 is 36.5 Å². The van der Waals surface area contributed by atoms with Gasteiger partial charge in [0.25, 0.3) is 0 Å². The molecule has 0 saturated carbocycles. The standard InChI is InChI=1S/C30H19N2Si/c1-2-15-27-22(8-1)29-28(33-27)16-5-17-30(29,23-11-3-13-25-20(23)9-6-18-31-25)24-12-4-14-26-21(24)10-7-19-32-26/h1-19H. The third kappa shape index (κ3) is 2.57. The maximum absolute atomic E-state index is 4.70. The van der Waals surface area contributed by atoms with Crippen molar-refractivity contribution in [3.05, 3.63) is 142 Å². The van der Waals surface area contributed by atoms with Crippen molar-refractivity contribution in [2.75, 3.05) is 0 Å². The van der Waals surface area contributed by atoms with Crippen LogP contribution in [0.15, 0.2) is 121 Å². The molecule has 3 heteroatoms. The molecule has 0 saturated heterocycles. The zero-order chi connectivity index (χ0) is 21.8.